The first-order chi connectivity index (χ1) is 15.2. The van der Waals surface area contributed by atoms with Gasteiger partial charge in [0.25, 0.3) is 0 Å². The van der Waals surface area contributed by atoms with Crippen molar-refractivity contribution in [3.8, 4) is 29.0 Å². The highest BCUT2D eigenvalue weighted by Crippen LogP contribution is 2.34. The zero-order valence-corrected chi connectivity index (χ0v) is 17.4. The average Bonchev–Trinajstić information content (AvgIpc) is 2.83. The number of hydrogen-bond acceptors (Lipinski definition) is 4. The van der Waals surface area contributed by atoms with Crippen LogP contribution in [0, 0.1) is 11.3 Å². The Kier molecular flexibility index (Phi) is 6.47. The second-order valence-electron chi connectivity index (χ2n) is 6.85. The molecule has 31 heavy (non-hydrogen) atoms. The van der Waals surface area contributed by atoms with Gasteiger partial charge in [0.05, 0.1) is 11.6 Å². The van der Waals surface area contributed by atoms with Crippen molar-refractivity contribution in [1.29, 1.82) is 5.26 Å². The standard InChI is InChI=1S/C26H19ClN2O2/c27-22-11-12-23(21(15-22)16-28)24-13-14-25(30-17-19-7-3-1-4-8-19)29-26(24)31-18-20-9-5-2-6-10-20/h1-15H,17-18H2. The summed E-state index contributed by atoms with van der Waals surface area (Å²) < 4.78 is 11.9. The molecule has 4 aromatic rings. The Morgan fingerprint density at radius 1 is 0.742 bits per heavy atom. The zero-order valence-electron chi connectivity index (χ0n) is 16.7. The molecule has 0 aliphatic carbocycles. The van der Waals surface area contributed by atoms with Crippen LogP contribution in [-0.2, 0) is 13.2 Å². The molecule has 0 saturated heterocycles. The third-order valence-electron chi connectivity index (χ3n) is 4.67. The fraction of sp³-hybridized carbons (Fsp3) is 0.0769. The van der Waals surface area contributed by atoms with E-state index in [4.69, 9.17) is 21.1 Å². The Labute approximate surface area is 186 Å². The van der Waals surface area contributed by atoms with E-state index in [0.29, 0.717) is 46.7 Å². The first-order valence-electron chi connectivity index (χ1n) is 9.77. The molecule has 0 N–H and O–H groups in total. The molecule has 0 atom stereocenters. The number of ether oxygens (including phenoxy) is 2. The predicted octanol–water partition coefficient (Wildman–Crippen LogP) is 6.43. The van der Waals surface area contributed by atoms with Gasteiger partial charge in [-0.1, -0.05) is 78.3 Å². The van der Waals surface area contributed by atoms with Crippen LogP contribution in [0.5, 0.6) is 11.8 Å². The number of pyridine rings is 1. The maximum atomic E-state index is 9.57. The zero-order chi connectivity index (χ0) is 21.5. The first kappa shape index (κ1) is 20.5. The molecule has 0 saturated carbocycles. The quantitative estimate of drug-likeness (QED) is 0.341. The lowest BCUT2D eigenvalue weighted by Gasteiger charge is -2.14. The molecular weight excluding hydrogens is 408 g/mol. The molecule has 152 valence electrons. The van der Waals surface area contributed by atoms with E-state index in [0.717, 1.165) is 11.1 Å². The Morgan fingerprint density at radius 2 is 1.35 bits per heavy atom. The van der Waals surface area contributed by atoms with Gasteiger partial charge in [0, 0.05) is 22.2 Å². The van der Waals surface area contributed by atoms with Crippen molar-refractivity contribution in [2.24, 2.45) is 0 Å². The van der Waals surface area contributed by atoms with Gasteiger partial charge in [0.15, 0.2) is 0 Å². The summed E-state index contributed by atoms with van der Waals surface area (Å²) in [5.74, 6) is 0.844. The second kappa shape index (κ2) is 9.80. The van der Waals surface area contributed by atoms with Crippen molar-refractivity contribution in [2.75, 3.05) is 0 Å². The van der Waals surface area contributed by atoms with E-state index in [1.54, 1.807) is 24.3 Å². The van der Waals surface area contributed by atoms with Crippen LogP contribution < -0.4 is 9.47 Å². The minimum absolute atomic E-state index is 0.346. The average molecular weight is 427 g/mol. The number of rotatable bonds is 7. The molecular formula is C26H19ClN2O2. The number of benzene rings is 3. The van der Waals surface area contributed by atoms with Crippen molar-refractivity contribution in [2.45, 2.75) is 13.2 Å². The van der Waals surface area contributed by atoms with E-state index in [1.807, 2.05) is 66.7 Å². The number of halogens is 1. The van der Waals surface area contributed by atoms with Crippen LogP contribution in [-0.4, -0.2) is 4.98 Å². The molecule has 0 bridgehead atoms. The van der Waals surface area contributed by atoms with Gasteiger partial charge in [-0.25, -0.2) is 0 Å². The van der Waals surface area contributed by atoms with Crippen molar-refractivity contribution in [3.63, 3.8) is 0 Å². The van der Waals surface area contributed by atoms with Gasteiger partial charge in [-0.15, -0.1) is 0 Å². The lowest BCUT2D eigenvalue weighted by molar-refractivity contribution is 0.268. The molecule has 4 nitrogen and oxygen atoms in total. The minimum atomic E-state index is 0.346. The molecule has 5 heteroatoms. The van der Waals surface area contributed by atoms with Gasteiger partial charge in [0.2, 0.25) is 11.8 Å². The van der Waals surface area contributed by atoms with Crippen molar-refractivity contribution < 1.29 is 9.47 Å². The SMILES string of the molecule is N#Cc1cc(Cl)ccc1-c1ccc(OCc2ccccc2)nc1OCc1ccccc1. The lowest BCUT2D eigenvalue weighted by atomic mass is 10.0. The van der Waals surface area contributed by atoms with Crippen LogP contribution in [0.2, 0.25) is 5.02 Å². The summed E-state index contributed by atoms with van der Waals surface area (Å²) in [6, 6.07) is 30.8. The van der Waals surface area contributed by atoms with Crippen LogP contribution in [0.1, 0.15) is 16.7 Å². The van der Waals surface area contributed by atoms with Crippen LogP contribution in [0.15, 0.2) is 91.0 Å². The summed E-state index contributed by atoms with van der Waals surface area (Å²) in [6.45, 7) is 0.744. The van der Waals surface area contributed by atoms with Crippen LogP contribution in [0.3, 0.4) is 0 Å². The molecule has 0 aliphatic rings. The van der Waals surface area contributed by atoms with Crippen molar-refractivity contribution in [1.82, 2.24) is 4.98 Å². The van der Waals surface area contributed by atoms with Gasteiger partial charge in [-0.05, 0) is 29.3 Å². The Morgan fingerprint density at radius 3 is 2.00 bits per heavy atom. The van der Waals surface area contributed by atoms with E-state index < -0.39 is 0 Å². The fourth-order valence-electron chi connectivity index (χ4n) is 3.12. The smallest absolute Gasteiger partial charge is 0.225 e. The molecule has 0 fully saturated rings. The van der Waals surface area contributed by atoms with Gasteiger partial charge >= 0.3 is 0 Å². The Hall–Kier alpha value is -3.81. The molecule has 0 aliphatic heterocycles. The van der Waals surface area contributed by atoms with Crippen molar-refractivity contribution in [3.05, 3.63) is 113 Å². The molecule has 0 spiro atoms. The molecule has 0 radical (unpaired) electrons. The highest BCUT2D eigenvalue weighted by atomic mass is 35.5. The molecule has 1 aromatic heterocycles. The minimum Gasteiger partial charge on any atom is -0.473 e. The van der Waals surface area contributed by atoms with Crippen LogP contribution in [0.4, 0.5) is 0 Å². The van der Waals surface area contributed by atoms with E-state index in [2.05, 4.69) is 11.1 Å². The van der Waals surface area contributed by atoms with E-state index in [9.17, 15) is 5.26 Å². The van der Waals surface area contributed by atoms with Crippen molar-refractivity contribution >= 4 is 11.6 Å². The molecule has 0 amide bonds. The predicted molar refractivity (Wildman–Crippen MR) is 121 cm³/mol. The summed E-state index contributed by atoms with van der Waals surface area (Å²) in [4.78, 5) is 4.59. The molecule has 4 rings (SSSR count). The summed E-state index contributed by atoms with van der Waals surface area (Å²) in [7, 11) is 0. The first-order valence-corrected chi connectivity index (χ1v) is 10.2. The number of nitrogens with zero attached hydrogens (tertiary/aromatic N) is 2. The van der Waals surface area contributed by atoms with E-state index in [-0.39, 0.29) is 0 Å². The molecule has 3 aromatic carbocycles. The van der Waals surface area contributed by atoms with Gasteiger partial charge in [-0.3, -0.25) is 0 Å². The third-order valence-corrected chi connectivity index (χ3v) is 4.91. The van der Waals surface area contributed by atoms with Gasteiger partial charge < -0.3 is 9.47 Å². The highest BCUT2D eigenvalue weighted by Gasteiger charge is 2.15. The van der Waals surface area contributed by atoms with E-state index in [1.165, 1.54) is 0 Å². The van der Waals surface area contributed by atoms with Gasteiger partial charge in [-0.2, -0.15) is 10.2 Å². The highest BCUT2D eigenvalue weighted by molar-refractivity contribution is 6.30. The maximum Gasteiger partial charge on any atom is 0.225 e. The summed E-state index contributed by atoms with van der Waals surface area (Å²) in [6.07, 6.45) is 0. The monoisotopic (exact) mass is 426 g/mol. The lowest BCUT2D eigenvalue weighted by Crippen LogP contribution is -2.03. The topological polar surface area (TPSA) is 55.1 Å². The number of aromatic nitrogens is 1. The van der Waals surface area contributed by atoms with Crippen LogP contribution in [0.25, 0.3) is 11.1 Å². The Balaban J connectivity index is 1.65. The normalized spacial score (nSPS) is 10.3. The second-order valence-corrected chi connectivity index (χ2v) is 7.29. The summed E-state index contributed by atoms with van der Waals surface area (Å²) in [5.41, 5.74) is 3.93. The number of hydrogen-bond donors (Lipinski definition) is 0. The van der Waals surface area contributed by atoms with Gasteiger partial charge in [0.1, 0.15) is 13.2 Å². The summed E-state index contributed by atoms with van der Waals surface area (Å²) in [5, 5.41) is 10.1. The fourth-order valence-corrected chi connectivity index (χ4v) is 3.29. The largest absolute Gasteiger partial charge is 0.473 e. The van der Waals surface area contributed by atoms with Crippen LogP contribution >= 0.6 is 11.6 Å². The maximum absolute atomic E-state index is 9.57. The molecule has 0 unspecified atom stereocenters. The molecule has 1 heterocycles. The van der Waals surface area contributed by atoms with E-state index >= 15 is 0 Å². The third kappa shape index (κ3) is 5.22. The summed E-state index contributed by atoms with van der Waals surface area (Å²) >= 11 is 6.07. The Bertz CT molecular complexity index is 1210. The number of nitriles is 1.